The third-order valence-corrected chi connectivity index (χ3v) is 6.16. The van der Waals surface area contributed by atoms with E-state index in [0.717, 1.165) is 5.56 Å². The van der Waals surface area contributed by atoms with Crippen LogP contribution in [0, 0.1) is 0 Å². The summed E-state index contributed by atoms with van der Waals surface area (Å²) in [5.41, 5.74) is 2.43. The van der Waals surface area contributed by atoms with Crippen molar-refractivity contribution in [3.05, 3.63) is 119 Å². The monoisotopic (exact) mass is 465 g/mol. The van der Waals surface area contributed by atoms with Crippen LogP contribution >= 0.6 is 0 Å². The van der Waals surface area contributed by atoms with Gasteiger partial charge in [-0.25, -0.2) is 9.59 Å². The molecule has 0 saturated heterocycles. The first kappa shape index (κ1) is 20.8. The lowest BCUT2D eigenvalue weighted by Crippen LogP contribution is -2.33. The van der Waals surface area contributed by atoms with E-state index in [-0.39, 0.29) is 12.4 Å². The number of hydrogen-bond acceptors (Lipinski definition) is 6. The van der Waals surface area contributed by atoms with Gasteiger partial charge in [-0.2, -0.15) is 0 Å². The van der Waals surface area contributed by atoms with Crippen LogP contribution in [-0.4, -0.2) is 17.2 Å². The Morgan fingerprint density at radius 3 is 2.40 bits per heavy atom. The Labute approximate surface area is 200 Å². The fraction of sp³-hybridized carbons (Fsp3) is 0.0714. The number of carbonyl (C=O) groups is 2. The lowest BCUT2D eigenvalue weighted by Gasteiger charge is -2.36. The van der Waals surface area contributed by atoms with Crippen molar-refractivity contribution in [2.24, 2.45) is 0 Å². The number of aromatic hydroxyl groups is 1. The fourth-order valence-corrected chi connectivity index (χ4v) is 4.62. The topological polar surface area (TPSA) is 94.1 Å². The van der Waals surface area contributed by atoms with Crippen molar-refractivity contribution in [2.75, 3.05) is 5.32 Å². The molecule has 0 bridgehead atoms. The van der Waals surface area contributed by atoms with Gasteiger partial charge in [0, 0.05) is 34.5 Å². The van der Waals surface area contributed by atoms with Crippen molar-refractivity contribution in [1.82, 2.24) is 0 Å². The normalized spacial score (nSPS) is 17.0. The molecule has 1 amide bonds. The van der Waals surface area contributed by atoms with E-state index in [1.54, 1.807) is 36.4 Å². The number of amides is 1. The Morgan fingerprint density at radius 2 is 1.57 bits per heavy atom. The molecule has 1 atom stereocenters. The van der Waals surface area contributed by atoms with Crippen LogP contribution < -0.4 is 10.1 Å². The van der Waals surface area contributed by atoms with Crippen LogP contribution in [0.25, 0.3) is 0 Å². The first-order valence-corrected chi connectivity index (χ1v) is 11.0. The standard InChI is InChI=1S/C28H19NO6/c30-19-11-13-23-25(15-19)34-24-14-18(29-27(32)33-16-17-6-2-1-3-7-17)10-12-22(24)28(23)21-9-5-4-8-20(21)26(31)35-28/h1-15,30H,16H2,(H,29,32). The molecule has 0 aliphatic carbocycles. The largest absolute Gasteiger partial charge is 0.508 e. The zero-order valence-corrected chi connectivity index (χ0v) is 18.4. The number of ether oxygens (including phenoxy) is 3. The summed E-state index contributed by atoms with van der Waals surface area (Å²) in [4.78, 5) is 25.2. The van der Waals surface area contributed by atoms with Gasteiger partial charge in [0.1, 0.15) is 23.9 Å². The molecule has 2 N–H and O–H groups in total. The quantitative estimate of drug-likeness (QED) is 0.377. The van der Waals surface area contributed by atoms with E-state index >= 15 is 0 Å². The molecule has 1 unspecified atom stereocenters. The smallest absolute Gasteiger partial charge is 0.411 e. The lowest BCUT2D eigenvalue weighted by molar-refractivity contribution is 0.0224. The maximum Gasteiger partial charge on any atom is 0.411 e. The molecule has 1 spiro atoms. The van der Waals surface area contributed by atoms with Gasteiger partial charge in [0.15, 0.2) is 5.60 Å². The number of rotatable bonds is 3. The molecule has 4 aromatic carbocycles. The first-order chi connectivity index (χ1) is 17.0. The summed E-state index contributed by atoms with van der Waals surface area (Å²) in [6.45, 7) is 0.136. The van der Waals surface area contributed by atoms with Gasteiger partial charge in [0.05, 0.1) is 5.56 Å². The van der Waals surface area contributed by atoms with Crippen molar-refractivity contribution in [2.45, 2.75) is 12.2 Å². The van der Waals surface area contributed by atoms with Crippen LogP contribution in [0.5, 0.6) is 17.2 Å². The highest BCUT2D eigenvalue weighted by molar-refractivity contribution is 5.97. The summed E-state index contributed by atoms with van der Waals surface area (Å²) in [5.74, 6) is 0.303. The molecule has 7 nitrogen and oxygen atoms in total. The highest BCUT2D eigenvalue weighted by Gasteiger charge is 2.53. The Hall–Kier alpha value is -4.78. The number of fused-ring (bicyclic) bond motifs is 6. The molecule has 2 heterocycles. The Kier molecular flexibility index (Phi) is 4.70. The number of hydrogen-bond donors (Lipinski definition) is 2. The second-order valence-electron chi connectivity index (χ2n) is 8.30. The van der Waals surface area contributed by atoms with Gasteiger partial charge in [-0.15, -0.1) is 0 Å². The van der Waals surface area contributed by atoms with Crippen LogP contribution in [-0.2, 0) is 21.7 Å². The molecule has 35 heavy (non-hydrogen) atoms. The number of esters is 1. The number of phenols is 1. The number of benzene rings is 4. The van der Waals surface area contributed by atoms with Gasteiger partial charge in [0.25, 0.3) is 0 Å². The predicted octanol–water partition coefficient (Wildman–Crippen LogP) is 5.71. The molecular formula is C28H19NO6. The number of phenolic OH excluding ortho intramolecular Hbond substituents is 1. The molecule has 0 aromatic heterocycles. The predicted molar refractivity (Wildman–Crippen MR) is 127 cm³/mol. The van der Waals surface area contributed by atoms with Gasteiger partial charge in [0.2, 0.25) is 0 Å². The second-order valence-corrected chi connectivity index (χ2v) is 8.30. The van der Waals surface area contributed by atoms with E-state index in [1.165, 1.54) is 12.1 Å². The summed E-state index contributed by atoms with van der Waals surface area (Å²) < 4.78 is 17.5. The number of nitrogens with one attached hydrogen (secondary N) is 1. The molecule has 2 aliphatic rings. The molecular weight excluding hydrogens is 446 g/mol. The highest BCUT2D eigenvalue weighted by Crippen LogP contribution is 2.56. The van der Waals surface area contributed by atoms with Crippen LogP contribution in [0.3, 0.4) is 0 Å². The minimum Gasteiger partial charge on any atom is -0.508 e. The van der Waals surface area contributed by atoms with Crippen LogP contribution in [0.1, 0.15) is 32.6 Å². The van der Waals surface area contributed by atoms with Crippen LogP contribution in [0.15, 0.2) is 91.0 Å². The van der Waals surface area contributed by atoms with E-state index < -0.39 is 17.7 Å². The van der Waals surface area contributed by atoms with Crippen molar-refractivity contribution in [3.8, 4) is 17.2 Å². The van der Waals surface area contributed by atoms with Crippen molar-refractivity contribution < 1.29 is 28.9 Å². The van der Waals surface area contributed by atoms with Gasteiger partial charge in [-0.3, -0.25) is 5.32 Å². The minimum absolute atomic E-state index is 0.0127. The van der Waals surface area contributed by atoms with Crippen molar-refractivity contribution in [3.63, 3.8) is 0 Å². The lowest BCUT2D eigenvalue weighted by atomic mass is 9.77. The van der Waals surface area contributed by atoms with E-state index in [0.29, 0.717) is 39.4 Å². The number of anilines is 1. The minimum atomic E-state index is -1.24. The molecule has 0 saturated carbocycles. The summed E-state index contributed by atoms with van der Waals surface area (Å²) in [7, 11) is 0. The van der Waals surface area contributed by atoms with Crippen LogP contribution in [0.2, 0.25) is 0 Å². The van der Waals surface area contributed by atoms with Crippen molar-refractivity contribution in [1.29, 1.82) is 0 Å². The first-order valence-electron chi connectivity index (χ1n) is 11.0. The Bertz CT molecular complexity index is 1480. The number of carbonyl (C=O) groups excluding carboxylic acids is 2. The summed E-state index contributed by atoms with van der Waals surface area (Å²) >= 11 is 0. The summed E-state index contributed by atoms with van der Waals surface area (Å²) in [6, 6.07) is 26.4. The zero-order valence-electron chi connectivity index (χ0n) is 18.4. The maximum absolute atomic E-state index is 12.8. The molecule has 0 fully saturated rings. The van der Waals surface area contributed by atoms with Gasteiger partial charge < -0.3 is 19.3 Å². The van der Waals surface area contributed by atoms with Gasteiger partial charge in [-0.05, 0) is 35.9 Å². The zero-order chi connectivity index (χ0) is 24.0. The molecule has 172 valence electrons. The van der Waals surface area contributed by atoms with E-state index in [4.69, 9.17) is 14.2 Å². The second kappa shape index (κ2) is 7.92. The molecule has 7 heteroatoms. The average molecular weight is 465 g/mol. The van der Waals surface area contributed by atoms with E-state index in [1.807, 2.05) is 42.5 Å². The molecule has 2 aliphatic heterocycles. The van der Waals surface area contributed by atoms with E-state index in [2.05, 4.69) is 5.32 Å². The Morgan fingerprint density at radius 1 is 0.857 bits per heavy atom. The van der Waals surface area contributed by atoms with Crippen molar-refractivity contribution >= 4 is 17.7 Å². The third kappa shape index (κ3) is 3.36. The summed E-state index contributed by atoms with van der Waals surface area (Å²) in [6.07, 6.45) is -0.616. The SMILES string of the molecule is O=C(Nc1ccc2c(c1)Oc1cc(O)ccc1C21OC(=O)c2ccccc21)OCc1ccccc1. The Balaban J connectivity index is 1.37. The van der Waals surface area contributed by atoms with Crippen LogP contribution in [0.4, 0.5) is 10.5 Å². The highest BCUT2D eigenvalue weighted by atomic mass is 16.6. The fourth-order valence-electron chi connectivity index (χ4n) is 4.62. The summed E-state index contributed by atoms with van der Waals surface area (Å²) in [5, 5.41) is 12.8. The van der Waals surface area contributed by atoms with Gasteiger partial charge >= 0.3 is 12.1 Å². The van der Waals surface area contributed by atoms with E-state index in [9.17, 15) is 14.7 Å². The molecule has 6 rings (SSSR count). The molecule has 0 radical (unpaired) electrons. The molecule has 4 aromatic rings. The third-order valence-electron chi connectivity index (χ3n) is 6.16. The maximum atomic E-state index is 12.8. The van der Waals surface area contributed by atoms with Gasteiger partial charge in [-0.1, -0.05) is 48.5 Å². The average Bonchev–Trinajstić information content (AvgIpc) is 3.16.